The summed E-state index contributed by atoms with van der Waals surface area (Å²) in [6, 6.07) is 0.297. The van der Waals surface area contributed by atoms with Gasteiger partial charge in [-0.15, -0.1) is 12.4 Å². The normalized spacial score (nSPS) is 23.6. The lowest BCUT2D eigenvalue weighted by Gasteiger charge is -2.29. The van der Waals surface area contributed by atoms with E-state index in [0.29, 0.717) is 24.8 Å². The number of hydrogen-bond acceptors (Lipinski definition) is 4. The molecule has 1 saturated heterocycles. The van der Waals surface area contributed by atoms with Crippen molar-refractivity contribution in [3.8, 4) is 0 Å². The summed E-state index contributed by atoms with van der Waals surface area (Å²) >= 11 is 5.30. The molecule has 6 heteroatoms. The Morgan fingerprint density at radius 1 is 1.47 bits per heavy atom. The lowest BCUT2D eigenvalue weighted by molar-refractivity contribution is -0.142. The van der Waals surface area contributed by atoms with E-state index in [1.54, 1.807) is 0 Å². The molecular formula is C11H19Cl2NO3. The second kappa shape index (κ2) is 8.72. The molecule has 1 fully saturated rings. The summed E-state index contributed by atoms with van der Waals surface area (Å²) in [4.78, 5) is 21.8. The van der Waals surface area contributed by atoms with E-state index in [-0.39, 0.29) is 23.6 Å². The van der Waals surface area contributed by atoms with E-state index in [1.807, 2.05) is 0 Å². The van der Waals surface area contributed by atoms with Crippen LogP contribution in [0.1, 0.15) is 32.1 Å². The fourth-order valence-electron chi connectivity index (χ4n) is 2.11. The summed E-state index contributed by atoms with van der Waals surface area (Å²) < 4.78 is 4.65. The Morgan fingerprint density at radius 3 is 2.76 bits per heavy atom. The van der Waals surface area contributed by atoms with Crippen LogP contribution in [0.25, 0.3) is 0 Å². The van der Waals surface area contributed by atoms with Crippen molar-refractivity contribution in [3.63, 3.8) is 0 Å². The Hall–Kier alpha value is -0.320. The molecule has 0 amide bonds. The van der Waals surface area contributed by atoms with Crippen LogP contribution >= 0.6 is 24.0 Å². The summed E-state index contributed by atoms with van der Waals surface area (Å²) in [5, 5.41) is 3.04. The summed E-state index contributed by atoms with van der Waals surface area (Å²) in [6.07, 6.45) is 3.52. The zero-order valence-corrected chi connectivity index (χ0v) is 11.5. The van der Waals surface area contributed by atoms with Gasteiger partial charge in [-0.05, 0) is 43.3 Å². The highest BCUT2D eigenvalue weighted by Crippen LogP contribution is 2.22. The van der Waals surface area contributed by atoms with Gasteiger partial charge in [0.1, 0.15) is 0 Å². The molecule has 2 unspecified atom stereocenters. The Kier molecular flexibility index (Phi) is 8.56. The number of hydrogen-bond donors (Lipinski definition) is 1. The zero-order chi connectivity index (χ0) is 12.0. The van der Waals surface area contributed by atoms with E-state index >= 15 is 0 Å². The molecule has 0 aliphatic carbocycles. The van der Waals surface area contributed by atoms with Crippen LogP contribution in [0.5, 0.6) is 0 Å². The molecule has 0 aromatic rings. The molecule has 2 atom stereocenters. The van der Waals surface area contributed by atoms with Crippen LogP contribution in [0.15, 0.2) is 0 Å². The molecule has 1 rings (SSSR count). The van der Waals surface area contributed by atoms with Gasteiger partial charge >= 0.3 is 5.97 Å². The van der Waals surface area contributed by atoms with Crippen LogP contribution in [0.3, 0.4) is 0 Å². The van der Waals surface area contributed by atoms with E-state index in [9.17, 15) is 9.59 Å². The summed E-state index contributed by atoms with van der Waals surface area (Å²) in [7, 11) is 1.41. The second-order valence-corrected chi connectivity index (χ2v) is 4.64. The molecule has 0 bridgehead atoms. The monoisotopic (exact) mass is 283 g/mol. The quantitative estimate of drug-likeness (QED) is 0.618. The van der Waals surface area contributed by atoms with Crippen molar-refractivity contribution >= 4 is 35.2 Å². The van der Waals surface area contributed by atoms with E-state index in [0.717, 1.165) is 25.8 Å². The van der Waals surface area contributed by atoms with Crippen molar-refractivity contribution in [2.24, 2.45) is 5.92 Å². The molecule has 1 heterocycles. The van der Waals surface area contributed by atoms with Gasteiger partial charge in [0, 0.05) is 18.9 Å². The fraction of sp³-hybridized carbons (Fsp3) is 0.818. The van der Waals surface area contributed by atoms with Crippen LogP contribution in [-0.2, 0) is 14.3 Å². The SMILES string of the molecule is COC(=O)CC1CCNC(CCC(=O)Cl)C1.Cl. The van der Waals surface area contributed by atoms with Crippen molar-refractivity contribution in [1.29, 1.82) is 0 Å². The lowest BCUT2D eigenvalue weighted by atomic mass is 9.88. The Bertz CT molecular complexity index is 261. The highest BCUT2D eigenvalue weighted by molar-refractivity contribution is 6.63. The maximum atomic E-state index is 11.1. The maximum Gasteiger partial charge on any atom is 0.305 e. The van der Waals surface area contributed by atoms with E-state index in [1.165, 1.54) is 7.11 Å². The number of methoxy groups -OCH3 is 1. The number of carbonyl (C=O) groups is 2. The molecule has 0 saturated carbocycles. The molecular weight excluding hydrogens is 265 g/mol. The number of carbonyl (C=O) groups excluding carboxylic acids is 2. The number of halogens is 2. The van der Waals surface area contributed by atoms with Crippen LogP contribution in [0, 0.1) is 5.92 Å². The first kappa shape index (κ1) is 16.7. The molecule has 0 spiro atoms. The minimum Gasteiger partial charge on any atom is -0.469 e. The third kappa shape index (κ3) is 6.86. The van der Waals surface area contributed by atoms with Crippen molar-refractivity contribution in [2.75, 3.05) is 13.7 Å². The molecule has 0 aromatic carbocycles. The van der Waals surface area contributed by atoms with E-state index in [4.69, 9.17) is 11.6 Å². The molecule has 17 heavy (non-hydrogen) atoms. The minimum absolute atomic E-state index is 0. The zero-order valence-electron chi connectivity index (χ0n) is 9.91. The smallest absolute Gasteiger partial charge is 0.305 e. The van der Waals surface area contributed by atoms with Gasteiger partial charge in [0.2, 0.25) is 5.24 Å². The number of piperidine rings is 1. The van der Waals surface area contributed by atoms with E-state index < -0.39 is 0 Å². The van der Waals surface area contributed by atoms with Crippen molar-refractivity contribution in [1.82, 2.24) is 5.32 Å². The predicted octanol–water partition coefficient (Wildman–Crippen LogP) is 1.89. The molecule has 0 radical (unpaired) electrons. The van der Waals surface area contributed by atoms with Gasteiger partial charge in [-0.25, -0.2) is 0 Å². The van der Waals surface area contributed by atoms with Gasteiger partial charge in [-0.2, -0.15) is 0 Å². The van der Waals surface area contributed by atoms with Gasteiger partial charge in [-0.3, -0.25) is 9.59 Å². The Labute approximate surface area is 113 Å². The third-order valence-corrected chi connectivity index (χ3v) is 3.16. The van der Waals surface area contributed by atoms with Crippen molar-refractivity contribution < 1.29 is 14.3 Å². The van der Waals surface area contributed by atoms with Crippen LogP contribution in [-0.4, -0.2) is 30.9 Å². The van der Waals surface area contributed by atoms with Gasteiger partial charge in [0.15, 0.2) is 0 Å². The fourth-order valence-corrected chi connectivity index (χ4v) is 2.22. The standard InChI is InChI=1S/C11H18ClNO3.ClH/c1-16-11(15)7-8-4-5-13-9(6-8)2-3-10(12)14;/h8-9,13H,2-7H2,1H3;1H. The molecule has 0 aromatic heterocycles. The summed E-state index contributed by atoms with van der Waals surface area (Å²) in [6.45, 7) is 0.892. The van der Waals surface area contributed by atoms with Gasteiger partial charge in [-0.1, -0.05) is 0 Å². The highest BCUT2D eigenvalue weighted by Gasteiger charge is 2.23. The lowest BCUT2D eigenvalue weighted by Crippen LogP contribution is -2.38. The van der Waals surface area contributed by atoms with Gasteiger partial charge in [0.05, 0.1) is 7.11 Å². The average Bonchev–Trinajstić information content (AvgIpc) is 2.26. The van der Waals surface area contributed by atoms with Crippen LogP contribution in [0.2, 0.25) is 0 Å². The van der Waals surface area contributed by atoms with Crippen LogP contribution in [0.4, 0.5) is 0 Å². The predicted molar refractivity (Wildman–Crippen MR) is 68.5 cm³/mol. The first-order valence-electron chi connectivity index (χ1n) is 5.60. The number of esters is 1. The average molecular weight is 284 g/mol. The summed E-state index contributed by atoms with van der Waals surface area (Å²) in [5.41, 5.74) is 0. The number of rotatable bonds is 5. The molecule has 100 valence electrons. The number of ether oxygens (including phenoxy) is 1. The van der Waals surface area contributed by atoms with Crippen molar-refractivity contribution in [3.05, 3.63) is 0 Å². The molecule has 1 N–H and O–H groups in total. The topological polar surface area (TPSA) is 55.4 Å². The Balaban J connectivity index is 0.00000256. The Morgan fingerprint density at radius 2 is 2.18 bits per heavy atom. The highest BCUT2D eigenvalue weighted by atomic mass is 35.5. The van der Waals surface area contributed by atoms with Crippen molar-refractivity contribution in [2.45, 2.75) is 38.1 Å². The van der Waals surface area contributed by atoms with Gasteiger partial charge in [0.25, 0.3) is 0 Å². The largest absolute Gasteiger partial charge is 0.469 e. The minimum atomic E-state index is -0.295. The third-order valence-electron chi connectivity index (χ3n) is 2.98. The maximum absolute atomic E-state index is 11.1. The van der Waals surface area contributed by atoms with E-state index in [2.05, 4.69) is 10.1 Å². The van der Waals surface area contributed by atoms with Crippen LogP contribution < -0.4 is 5.32 Å². The molecule has 1 aliphatic rings. The molecule has 1 aliphatic heterocycles. The first-order chi connectivity index (χ1) is 7.61. The number of nitrogens with one attached hydrogen (secondary N) is 1. The molecule has 4 nitrogen and oxygen atoms in total. The first-order valence-corrected chi connectivity index (χ1v) is 5.98. The second-order valence-electron chi connectivity index (χ2n) is 4.22. The van der Waals surface area contributed by atoms with Gasteiger partial charge < -0.3 is 10.1 Å². The summed E-state index contributed by atoms with van der Waals surface area (Å²) in [5.74, 6) is 0.211.